The lowest BCUT2D eigenvalue weighted by atomic mass is 9.88. The number of rotatable bonds is 3. The van der Waals surface area contributed by atoms with Crippen LogP contribution in [-0.4, -0.2) is 93.7 Å². The molecule has 0 saturated heterocycles. The summed E-state index contributed by atoms with van der Waals surface area (Å²) in [6, 6.07) is 24.5. The highest BCUT2D eigenvalue weighted by molar-refractivity contribution is 6.05. The van der Waals surface area contributed by atoms with Gasteiger partial charge in [-0.15, -0.1) is 0 Å². The molecule has 12 bridgehead atoms. The summed E-state index contributed by atoms with van der Waals surface area (Å²) in [5, 5.41) is 69.9. The maximum absolute atomic E-state index is 13.8. The zero-order chi connectivity index (χ0) is 101. The standard InChI is InChI=1S/C51H60N12O8.C51H60N12O7/c1-25-10-13-38-41(16-25)61-49(67)53-20-33-30(6)36-23-56-50(68)62-42-17-26(2)11-14-39(42)59-47(65)54-21-34-28(4)32(19-52-46(64)58-38)29(5)35(44(34)70-8)22-55-48(66)60-40-15-12-27(3)18-43(40)63-51(69)57-24-37(31(33)7)45(36)71-9;1-25-10-13-39-42(16-25)61-49(67)53-19-33-28(4)34-20-54-50(68)62-43-17-26(2)11-14-40(43)59-47(65)56-23-37-31(7)36(22-52-46(64)58-39)32(8)38(45(37)70-9)24-57-48(66)60-41-15-12-27(3)18-44(41)63-51(69)55-21-35(29(33)5)30(34)6/h10-18H,19-24H2,1-9H3,(H2,52,58,64)(H2,53,61,67)(H2,54,59,65)(H2,55,60,66)(H2,56,62,68)(H2,57,63,69);10-18H,19-24H2,1-9H3,(H2,52,58,64)(H2,53,61,67)(H2,54,62,68)(H2,55,63,69)(H2,56,59,65)(H2,57,60,66). The molecule has 39 heteroatoms. The molecule has 6 aliphatic heterocycles. The summed E-state index contributed by atoms with van der Waals surface area (Å²) >= 11 is 0. The van der Waals surface area contributed by atoms with Gasteiger partial charge < -0.3 is 142 Å². The topological polar surface area (TPSA) is 521 Å². The quantitative estimate of drug-likeness (QED) is 0.0781. The van der Waals surface area contributed by atoms with Crippen molar-refractivity contribution in [3.8, 4) is 17.2 Å². The first-order valence-electron chi connectivity index (χ1n) is 45.7. The van der Waals surface area contributed by atoms with E-state index in [1.807, 2.05) is 110 Å². The minimum absolute atomic E-state index is 0.00621. The fourth-order valence-corrected chi connectivity index (χ4v) is 17.7. The lowest BCUT2D eigenvalue weighted by Gasteiger charge is -2.25. The lowest BCUT2D eigenvalue weighted by molar-refractivity contribution is 0.250. The van der Waals surface area contributed by atoms with Gasteiger partial charge >= 0.3 is 72.4 Å². The average molecular weight is 1920 g/mol. The van der Waals surface area contributed by atoms with Gasteiger partial charge in [0.1, 0.15) is 17.2 Å². The Balaban J connectivity index is 0.000000237. The molecule has 39 nitrogen and oxygen atoms in total. The van der Waals surface area contributed by atoms with Crippen molar-refractivity contribution in [1.29, 1.82) is 0 Å². The number of methoxy groups -OCH3 is 3. The first-order valence-corrected chi connectivity index (χ1v) is 45.7. The van der Waals surface area contributed by atoms with Gasteiger partial charge in [-0.25, -0.2) is 57.5 Å². The van der Waals surface area contributed by atoms with Gasteiger partial charge in [0.05, 0.1) is 89.6 Å². The Morgan fingerprint density at radius 3 is 0.383 bits per heavy atom. The summed E-state index contributed by atoms with van der Waals surface area (Å²) in [4.78, 5) is 166. The molecule has 6 aliphatic rings. The Bertz CT molecular complexity index is 6410. The molecule has 0 saturated carbocycles. The van der Waals surface area contributed by atoms with Crippen molar-refractivity contribution in [2.75, 3.05) is 85.1 Å². The molecule has 0 spiro atoms. The van der Waals surface area contributed by atoms with E-state index in [-0.39, 0.29) is 78.5 Å². The molecule has 16 rings (SSSR count). The molecular weight excluding hydrogens is 1800 g/mol. The molecule has 24 amide bonds. The fourth-order valence-electron chi connectivity index (χ4n) is 17.7. The largest absolute Gasteiger partial charge is 0.496 e. The van der Waals surface area contributed by atoms with Gasteiger partial charge in [0.25, 0.3) is 0 Å². The predicted molar refractivity (Wildman–Crippen MR) is 545 cm³/mol. The molecule has 0 unspecified atom stereocenters. The second-order valence-corrected chi connectivity index (χ2v) is 35.0. The van der Waals surface area contributed by atoms with Crippen LogP contribution in [0.4, 0.5) is 126 Å². The predicted octanol–water partition coefficient (Wildman–Crippen LogP) is 17.1. The van der Waals surface area contributed by atoms with Crippen LogP contribution in [0.25, 0.3) is 0 Å². The Morgan fingerprint density at radius 1 is 0.156 bits per heavy atom. The van der Waals surface area contributed by atoms with Crippen LogP contribution >= 0.6 is 0 Å². The van der Waals surface area contributed by atoms with Crippen LogP contribution in [0.1, 0.15) is 150 Å². The van der Waals surface area contributed by atoms with Crippen LogP contribution in [0.5, 0.6) is 17.2 Å². The summed E-state index contributed by atoms with van der Waals surface area (Å²) in [6.07, 6.45) is 0. The van der Waals surface area contributed by atoms with Gasteiger partial charge in [0.2, 0.25) is 0 Å². The number of carbonyl (C=O) groups is 12. The normalized spacial score (nSPS) is 14.9. The Morgan fingerprint density at radius 2 is 0.262 bits per heavy atom. The van der Waals surface area contributed by atoms with Crippen molar-refractivity contribution >= 4 is 141 Å². The highest BCUT2D eigenvalue weighted by Crippen LogP contribution is 2.41. The van der Waals surface area contributed by atoms with E-state index in [0.29, 0.717) is 169 Å². The first kappa shape index (κ1) is 101. The molecule has 10 aromatic carbocycles. The van der Waals surface area contributed by atoms with E-state index in [9.17, 15) is 57.5 Å². The third kappa shape index (κ3) is 24.5. The number of urea groups is 12. The van der Waals surface area contributed by atoms with Gasteiger partial charge in [-0.1, -0.05) is 36.4 Å². The maximum Gasteiger partial charge on any atom is 0.319 e. The zero-order valence-corrected chi connectivity index (χ0v) is 82.0. The molecule has 6 heterocycles. The summed E-state index contributed by atoms with van der Waals surface area (Å²) in [5.41, 5.74) is 23.2. The van der Waals surface area contributed by atoms with E-state index >= 15 is 0 Å². The number of aryl methyl sites for hydroxylation is 6. The van der Waals surface area contributed by atoms with Crippen LogP contribution in [0.3, 0.4) is 0 Å². The second-order valence-electron chi connectivity index (χ2n) is 35.0. The van der Waals surface area contributed by atoms with E-state index in [1.165, 1.54) is 21.3 Å². The van der Waals surface area contributed by atoms with Gasteiger partial charge in [0.15, 0.2) is 0 Å². The monoisotopic (exact) mass is 1920 g/mol. The minimum atomic E-state index is -0.593. The SMILES string of the molecule is COc1c2c(C)c3c(C)c1CNC(=O)Nc1ccc(C)cc1NC(=O)NCc1c(C)c(c(C)c(c1C)CNC(=O)Nc1cc(C)ccc1NC(=O)NC2)CNC(=O)Nc1cc(C)ccc1NC(=O)NC3.COc1c2c(C)c3c(C)c1CNC(=O)Nc1ccc(C)cc1NC(=O)NCc1c(C)c(c(C)c(c1OC)CNC(=O)Nc1cc(C)ccc1NC(=O)NC2)CNC(=O)Nc1cc(C)ccc1NC(=O)NC3. The molecule has 0 fully saturated rings. The second kappa shape index (κ2) is 44.8. The lowest BCUT2D eigenvalue weighted by Crippen LogP contribution is -2.34. The van der Waals surface area contributed by atoms with Gasteiger partial charge in [-0.05, 0) is 293 Å². The number of fused-ring (bicyclic) bond motifs is 36. The average Bonchev–Trinajstić information content (AvgIpc) is 0.778. The molecule has 0 aliphatic carbocycles. The third-order valence-corrected chi connectivity index (χ3v) is 25.5. The van der Waals surface area contributed by atoms with E-state index in [2.05, 4.69) is 128 Å². The van der Waals surface area contributed by atoms with Crippen molar-refractivity contribution in [2.45, 2.75) is 182 Å². The molecular formula is C102H120N24O15. The number of hydrogen-bond acceptors (Lipinski definition) is 15. The number of nitrogens with one attached hydrogen (secondary N) is 24. The van der Waals surface area contributed by atoms with Crippen molar-refractivity contribution in [3.63, 3.8) is 0 Å². The van der Waals surface area contributed by atoms with Crippen molar-refractivity contribution in [3.05, 3.63) is 259 Å². The fraction of sp³-hybridized carbons (Fsp3) is 0.294. The highest BCUT2D eigenvalue weighted by Gasteiger charge is 2.31. The Hall–Kier alpha value is -17.2. The number of benzene rings is 10. The summed E-state index contributed by atoms with van der Waals surface area (Å²) in [7, 11) is 4.47. The maximum atomic E-state index is 13.8. The first-order chi connectivity index (χ1) is 67.3. The third-order valence-electron chi connectivity index (χ3n) is 25.5. The van der Waals surface area contributed by atoms with Crippen molar-refractivity contribution in [2.24, 2.45) is 0 Å². The molecule has 0 aromatic heterocycles. The Labute approximate surface area is 816 Å². The van der Waals surface area contributed by atoms with E-state index in [1.54, 1.807) is 103 Å². The smallest absolute Gasteiger partial charge is 0.319 e. The molecule has 24 N–H and O–H groups in total. The number of ether oxygens (including phenoxy) is 3. The summed E-state index contributed by atoms with van der Waals surface area (Å²) < 4.78 is 18.1. The number of amides is 24. The van der Waals surface area contributed by atoms with Gasteiger partial charge in [-0.2, -0.15) is 0 Å². The van der Waals surface area contributed by atoms with Crippen LogP contribution < -0.4 is 142 Å². The van der Waals surface area contributed by atoms with Crippen molar-refractivity contribution in [1.82, 2.24) is 63.8 Å². The molecule has 10 aromatic rings. The summed E-state index contributed by atoms with van der Waals surface area (Å²) in [6.45, 7) is 27.8. The van der Waals surface area contributed by atoms with Gasteiger partial charge in [0, 0.05) is 112 Å². The molecule has 738 valence electrons. The van der Waals surface area contributed by atoms with E-state index in [4.69, 9.17) is 14.2 Å². The number of hydrogen-bond donors (Lipinski definition) is 24. The van der Waals surface area contributed by atoms with Gasteiger partial charge in [-0.3, -0.25) is 0 Å². The van der Waals surface area contributed by atoms with E-state index in [0.717, 1.165) is 66.8 Å². The van der Waals surface area contributed by atoms with Crippen LogP contribution in [0, 0.1) is 104 Å². The molecule has 0 atom stereocenters. The molecule has 141 heavy (non-hydrogen) atoms. The van der Waals surface area contributed by atoms with Crippen LogP contribution in [0.2, 0.25) is 0 Å². The van der Waals surface area contributed by atoms with Crippen LogP contribution in [0.15, 0.2) is 109 Å². The van der Waals surface area contributed by atoms with Crippen molar-refractivity contribution < 1.29 is 71.7 Å². The van der Waals surface area contributed by atoms with Crippen LogP contribution in [-0.2, 0) is 78.5 Å². The number of anilines is 12. The van der Waals surface area contributed by atoms with E-state index < -0.39 is 72.4 Å². The zero-order valence-electron chi connectivity index (χ0n) is 82.0. The minimum Gasteiger partial charge on any atom is -0.496 e. The summed E-state index contributed by atoms with van der Waals surface area (Å²) in [5.74, 6) is 1.17. The number of carbonyl (C=O) groups excluding carboxylic acids is 12. The Kier molecular flexibility index (Phi) is 32.1. The molecule has 0 radical (unpaired) electrons. The highest BCUT2D eigenvalue weighted by atomic mass is 16.5.